The number of fused-ring (bicyclic) bond motifs is 2. The largest absolute Gasteiger partial charge is 0.383 e. The summed E-state index contributed by atoms with van der Waals surface area (Å²) in [5, 5.41) is 7.06. The summed E-state index contributed by atoms with van der Waals surface area (Å²) in [6, 6.07) is 15.1. The Hall–Kier alpha value is -4.97. The number of carbonyl (C=O) groups excluding carboxylic acids is 1. The van der Waals surface area contributed by atoms with Gasteiger partial charge < -0.3 is 16.0 Å². The van der Waals surface area contributed by atoms with Crippen LogP contribution in [-0.2, 0) is 17.6 Å². The number of imidazole rings is 1. The van der Waals surface area contributed by atoms with E-state index in [9.17, 15) is 13.6 Å². The van der Waals surface area contributed by atoms with Gasteiger partial charge in [0.15, 0.2) is 17.3 Å². The van der Waals surface area contributed by atoms with Crippen LogP contribution in [0.5, 0.6) is 0 Å². The molecule has 0 saturated carbocycles. The fraction of sp³-hybridized carbons (Fsp3) is 0.303. The lowest BCUT2D eigenvalue weighted by atomic mass is 9.98. The number of piperidine rings is 1. The van der Waals surface area contributed by atoms with Crippen molar-refractivity contribution in [3.63, 3.8) is 0 Å². The van der Waals surface area contributed by atoms with Crippen LogP contribution >= 0.6 is 0 Å². The number of anilines is 1. The quantitative estimate of drug-likeness (QED) is 0.279. The maximum Gasteiger partial charge on any atom is 0.246 e. The van der Waals surface area contributed by atoms with Crippen molar-refractivity contribution in [2.24, 2.45) is 0 Å². The molecule has 0 spiro atoms. The molecule has 0 bridgehead atoms. The number of hydrogen-bond acceptors (Lipinski definition) is 7. The lowest BCUT2D eigenvalue weighted by Gasteiger charge is -2.37. The van der Waals surface area contributed by atoms with Gasteiger partial charge >= 0.3 is 0 Å². The van der Waals surface area contributed by atoms with Gasteiger partial charge in [-0.05, 0) is 80.4 Å². The zero-order chi connectivity index (χ0) is 31.7. The molecule has 4 aromatic heterocycles. The summed E-state index contributed by atoms with van der Waals surface area (Å²) in [7, 11) is 1.97. The van der Waals surface area contributed by atoms with Crippen LogP contribution in [0.1, 0.15) is 30.9 Å². The Bertz CT molecular complexity index is 1870. The second kappa shape index (κ2) is 12.6. The Balaban J connectivity index is 0.000000232. The number of aromatic nitrogens is 6. The molecular formula is C33H35F2N9O. The summed E-state index contributed by atoms with van der Waals surface area (Å²) in [6.45, 7) is 6.44. The molecule has 2 aliphatic rings. The third-order valence-electron chi connectivity index (χ3n) is 8.43. The van der Waals surface area contributed by atoms with E-state index in [1.165, 1.54) is 23.0 Å². The number of nitrogen functional groups attached to an aromatic ring is 1. The van der Waals surface area contributed by atoms with Crippen molar-refractivity contribution in [3.8, 4) is 22.9 Å². The number of nitrogens with one attached hydrogen (secondary N) is 1. The predicted molar refractivity (Wildman–Crippen MR) is 169 cm³/mol. The van der Waals surface area contributed by atoms with E-state index < -0.39 is 12.1 Å². The van der Waals surface area contributed by atoms with Crippen LogP contribution in [0.3, 0.4) is 0 Å². The molecule has 1 aliphatic heterocycles. The van der Waals surface area contributed by atoms with Gasteiger partial charge in [-0.25, -0.2) is 24.0 Å². The molecule has 1 aliphatic carbocycles. The third kappa shape index (κ3) is 6.05. The van der Waals surface area contributed by atoms with E-state index in [4.69, 9.17) is 15.7 Å². The summed E-state index contributed by atoms with van der Waals surface area (Å²) in [5.74, 6) is 0.809. The molecule has 1 amide bonds. The van der Waals surface area contributed by atoms with Gasteiger partial charge in [0, 0.05) is 55.6 Å². The topological polar surface area (TPSA) is 120 Å². The molecule has 12 heteroatoms. The van der Waals surface area contributed by atoms with Gasteiger partial charge in [0.25, 0.3) is 0 Å². The van der Waals surface area contributed by atoms with E-state index in [0.717, 1.165) is 36.2 Å². The van der Waals surface area contributed by atoms with Gasteiger partial charge in [0.2, 0.25) is 11.9 Å². The van der Waals surface area contributed by atoms with Crippen molar-refractivity contribution in [1.82, 2.24) is 39.5 Å². The fourth-order valence-electron chi connectivity index (χ4n) is 6.10. The average molecular weight is 612 g/mol. The monoisotopic (exact) mass is 611 g/mol. The lowest BCUT2D eigenvalue weighted by molar-refractivity contribution is -0.129. The summed E-state index contributed by atoms with van der Waals surface area (Å²) in [4.78, 5) is 26.9. The lowest BCUT2D eigenvalue weighted by Crippen LogP contribution is -2.48. The van der Waals surface area contributed by atoms with Crippen LogP contribution in [0, 0.1) is 5.95 Å². The standard InChI is InChI=1S/C23H17F2N7.C10H18N2O/c24-15-10-13-3-4-16(12-14(13)11-15)32-22(17-2-1-8-27-21(17)26)28-18-5-6-20(29-23(18)32)31-9-7-19(25)30-31;1-4-10(13)12-6-5-9(11-3)7-8(12)2/h1-9,12,15H,10-11H2,(H2,26,27);4,8-9,11H,1,5-7H2,2-3H3. The number of halogens is 2. The molecule has 3 unspecified atom stereocenters. The molecule has 1 fully saturated rings. The zero-order valence-corrected chi connectivity index (χ0v) is 25.2. The van der Waals surface area contributed by atoms with Crippen molar-refractivity contribution < 1.29 is 13.6 Å². The Kier molecular flexibility index (Phi) is 8.40. The van der Waals surface area contributed by atoms with Gasteiger partial charge in [-0.1, -0.05) is 12.6 Å². The molecule has 1 saturated heterocycles. The first-order chi connectivity index (χ1) is 21.7. The highest BCUT2D eigenvalue weighted by Gasteiger charge is 2.26. The highest BCUT2D eigenvalue weighted by molar-refractivity contribution is 5.87. The smallest absolute Gasteiger partial charge is 0.246 e. The Labute approximate surface area is 259 Å². The van der Waals surface area contributed by atoms with Gasteiger partial charge in [-0.2, -0.15) is 4.39 Å². The molecular weight excluding hydrogens is 576 g/mol. The molecule has 3 N–H and O–H groups in total. The normalized spacial score (nSPS) is 19.2. The van der Waals surface area contributed by atoms with E-state index in [0.29, 0.717) is 59.1 Å². The number of benzene rings is 1. The summed E-state index contributed by atoms with van der Waals surface area (Å²) in [5.41, 5.74) is 10.8. The maximum absolute atomic E-state index is 14.0. The van der Waals surface area contributed by atoms with Gasteiger partial charge in [-0.3, -0.25) is 9.36 Å². The molecule has 5 heterocycles. The zero-order valence-electron chi connectivity index (χ0n) is 25.2. The maximum atomic E-state index is 14.0. The van der Waals surface area contributed by atoms with Crippen LogP contribution < -0.4 is 11.1 Å². The van der Waals surface area contributed by atoms with Crippen LogP contribution in [-0.4, -0.2) is 72.0 Å². The minimum absolute atomic E-state index is 0.0575. The predicted octanol–water partition coefficient (Wildman–Crippen LogP) is 4.60. The molecule has 7 rings (SSSR count). The highest BCUT2D eigenvalue weighted by atomic mass is 19.1. The molecule has 1 aromatic carbocycles. The molecule has 3 atom stereocenters. The second-order valence-corrected chi connectivity index (χ2v) is 11.4. The Morgan fingerprint density at radius 2 is 1.96 bits per heavy atom. The van der Waals surface area contributed by atoms with Crippen molar-refractivity contribution in [3.05, 3.63) is 90.7 Å². The SMILES string of the molecule is C=CC(=O)N1CCC(NC)CC1C.Nc1ncccc1-c1nc2ccc(-n3ccc(F)n3)nc2n1-c1ccc2c(c1)CC(F)C2. The summed E-state index contributed by atoms with van der Waals surface area (Å²) in [6.07, 6.45) is 6.54. The molecule has 10 nitrogen and oxygen atoms in total. The highest BCUT2D eigenvalue weighted by Crippen LogP contribution is 2.33. The Morgan fingerprint density at radius 3 is 2.67 bits per heavy atom. The van der Waals surface area contributed by atoms with Crippen LogP contribution in [0.2, 0.25) is 0 Å². The first kappa shape index (κ1) is 30.1. The van der Waals surface area contributed by atoms with E-state index in [1.807, 2.05) is 40.8 Å². The van der Waals surface area contributed by atoms with Crippen molar-refractivity contribution in [2.45, 2.75) is 50.9 Å². The number of carbonyl (C=O) groups is 1. The molecule has 232 valence electrons. The van der Waals surface area contributed by atoms with E-state index in [-0.39, 0.29) is 5.91 Å². The van der Waals surface area contributed by atoms with Crippen LogP contribution in [0.15, 0.2) is 73.6 Å². The van der Waals surface area contributed by atoms with E-state index in [2.05, 4.69) is 28.9 Å². The molecule has 0 radical (unpaired) electrons. The first-order valence-corrected chi connectivity index (χ1v) is 14.9. The third-order valence-corrected chi connectivity index (χ3v) is 8.43. The molecule has 5 aromatic rings. The summed E-state index contributed by atoms with van der Waals surface area (Å²) < 4.78 is 30.7. The van der Waals surface area contributed by atoms with Crippen molar-refractivity contribution in [1.29, 1.82) is 0 Å². The van der Waals surface area contributed by atoms with E-state index >= 15 is 0 Å². The van der Waals surface area contributed by atoms with Crippen LogP contribution in [0.25, 0.3) is 34.1 Å². The number of rotatable bonds is 5. The number of nitrogens with two attached hydrogens (primary N) is 1. The number of hydrogen-bond donors (Lipinski definition) is 2. The van der Waals surface area contributed by atoms with Crippen molar-refractivity contribution in [2.75, 3.05) is 19.3 Å². The fourth-order valence-corrected chi connectivity index (χ4v) is 6.10. The van der Waals surface area contributed by atoms with Crippen molar-refractivity contribution >= 4 is 22.9 Å². The minimum atomic E-state index is -0.868. The summed E-state index contributed by atoms with van der Waals surface area (Å²) >= 11 is 0. The average Bonchev–Trinajstić information content (AvgIpc) is 3.75. The van der Waals surface area contributed by atoms with Gasteiger partial charge in [0.05, 0.1) is 5.56 Å². The second-order valence-electron chi connectivity index (χ2n) is 11.4. The number of likely N-dealkylation sites (tertiary alicyclic amines) is 1. The van der Waals surface area contributed by atoms with E-state index in [1.54, 1.807) is 24.4 Å². The van der Waals surface area contributed by atoms with Gasteiger partial charge in [0.1, 0.15) is 17.5 Å². The number of amides is 1. The first-order valence-electron chi connectivity index (χ1n) is 14.9. The number of pyridine rings is 2. The van der Waals surface area contributed by atoms with Gasteiger partial charge in [-0.15, -0.1) is 5.10 Å². The number of nitrogens with zero attached hydrogens (tertiary/aromatic N) is 7. The number of alkyl halides is 1. The Morgan fingerprint density at radius 1 is 1.13 bits per heavy atom. The van der Waals surface area contributed by atoms with Crippen LogP contribution in [0.4, 0.5) is 14.6 Å². The minimum Gasteiger partial charge on any atom is -0.383 e. The molecule has 45 heavy (non-hydrogen) atoms.